The fraction of sp³-hybridized carbons (Fsp3) is 0.379. The summed E-state index contributed by atoms with van der Waals surface area (Å²) in [6, 6.07) is 16.2. The highest BCUT2D eigenvalue weighted by atomic mass is 16.3. The Kier molecular flexibility index (Phi) is 5.28. The molecular formula is C29H30N2O3. The van der Waals surface area contributed by atoms with E-state index in [1.54, 1.807) is 36.7 Å². The number of pyridine rings is 1. The summed E-state index contributed by atoms with van der Waals surface area (Å²) >= 11 is 0. The van der Waals surface area contributed by atoms with Gasteiger partial charge in [0.05, 0.1) is 0 Å². The van der Waals surface area contributed by atoms with E-state index in [1.807, 2.05) is 30.3 Å². The largest absolute Gasteiger partial charge is 0.508 e. The number of nitrogens with one attached hydrogen (secondary N) is 1. The molecule has 0 radical (unpaired) electrons. The lowest BCUT2D eigenvalue weighted by molar-refractivity contribution is -0.0119. The Balaban J connectivity index is 1.35. The van der Waals surface area contributed by atoms with Crippen molar-refractivity contribution in [3.05, 3.63) is 89.2 Å². The van der Waals surface area contributed by atoms with Gasteiger partial charge in [0.25, 0.3) is 5.91 Å². The zero-order valence-corrected chi connectivity index (χ0v) is 19.1. The molecule has 0 unspecified atom stereocenters. The molecule has 0 aliphatic heterocycles. The van der Waals surface area contributed by atoms with E-state index in [2.05, 4.69) is 10.3 Å². The number of amides is 1. The number of hydrogen-bond acceptors (Lipinski definition) is 4. The quantitative estimate of drug-likeness (QED) is 0.493. The molecule has 5 nitrogen and oxygen atoms in total. The number of carbonyl (C=O) groups is 1. The fourth-order valence-electron chi connectivity index (χ4n) is 7.12. The highest BCUT2D eigenvalue weighted by molar-refractivity contribution is 5.96. The van der Waals surface area contributed by atoms with Crippen LogP contribution in [0.2, 0.25) is 0 Å². The van der Waals surface area contributed by atoms with Gasteiger partial charge in [-0.3, -0.25) is 9.78 Å². The van der Waals surface area contributed by atoms with Gasteiger partial charge in [0.2, 0.25) is 0 Å². The molecule has 0 spiro atoms. The van der Waals surface area contributed by atoms with Gasteiger partial charge in [-0.2, -0.15) is 0 Å². The van der Waals surface area contributed by atoms with E-state index >= 15 is 0 Å². The van der Waals surface area contributed by atoms with E-state index in [-0.39, 0.29) is 29.4 Å². The Morgan fingerprint density at radius 1 is 0.794 bits per heavy atom. The number of hydrogen-bond donors (Lipinski definition) is 3. The smallest absolute Gasteiger partial charge is 0.251 e. The molecule has 4 aliphatic carbocycles. The zero-order valence-electron chi connectivity index (χ0n) is 19.1. The summed E-state index contributed by atoms with van der Waals surface area (Å²) in [4.78, 5) is 18.1. The normalized spacial score (nSPS) is 27.1. The number of nitrogens with zero attached hydrogens (tertiary/aromatic N) is 1. The first-order valence-corrected chi connectivity index (χ1v) is 12.4. The molecule has 3 aromatic rings. The van der Waals surface area contributed by atoms with Crippen LogP contribution in [0.15, 0.2) is 67.0 Å². The Morgan fingerprint density at radius 3 is 1.85 bits per heavy atom. The van der Waals surface area contributed by atoms with Crippen LogP contribution in [0.4, 0.5) is 0 Å². The minimum absolute atomic E-state index is 0.0302. The minimum atomic E-state index is -0.255. The molecule has 2 aromatic carbocycles. The Bertz CT molecular complexity index is 1120. The summed E-state index contributed by atoms with van der Waals surface area (Å²) in [6.07, 6.45) is 9.87. The monoisotopic (exact) mass is 454 g/mol. The lowest BCUT2D eigenvalue weighted by atomic mass is 9.54. The number of carbonyl (C=O) groups excluding carboxylic acids is 1. The number of aromatic nitrogens is 1. The van der Waals surface area contributed by atoms with Crippen LogP contribution >= 0.6 is 0 Å². The van der Waals surface area contributed by atoms with Crippen molar-refractivity contribution >= 4 is 5.91 Å². The van der Waals surface area contributed by atoms with Gasteiger partial charge >= 0.3 is 0 Å². The summed E-state index contributed by atoms with van der Waals surface area (Å²) in [7, 11) is 0. The van der Waals surface area contributed by atoms with E-state index in [9.17, 15) is 15.0 Å². The van der Waals surface area contributed by atoms with E-state index in [0.29, 0.717) is 17.4 Å². The lowest BCUT2D eigenvalue weighted by Crippen LogP contribution is -2.55. The second kappa shape index (κ2) is 8.46. The van der Waals surface area contributed by atoms with Gasteiger partial charge in [0.1, 0.15) is 11.5 Å². The predicted molar refractivity (Wildman–Crippen MR) is 130 cm³/mol. The van der Waals surface area contributed by atoms with E-state index < -0.39 is 0 Å². The number of phenols is 2. The number of aromatic hydroxyl groups is 2. The van der Waals surface area contributed by atoms with Crippen LogP contribution in [0, 0.1) is 23.7 Å². The Morgan fingerprint density at radius 2 is 1.32 bits per heavy atom. The molecule has 1 amide bonds. The molecule has 1 aromatic heterocycles. The zero-order chi connectivity index (χ0) is 23.2. The molecule has 4 fully saturated rings. The standard InChI is InChI=1S/C29H30N2O3/c32-23-5-1-19(2-6-23)27(20-3-7-24(33)8-4-20)26-16-30-10-9-25(26)29(34)31-28-21-12-17-11-18(14-21)15-22(28)13-17/h1-10,16-18,21-22,27-28,32-33H,11-15H2,(H,31,34). The van der Waals surface area contributed by atoms with Crippen molar-refractivity contribution in [1.82, 2.24) is 10.3 Å². The third kappa shape index (κ3) is 3.83. The summed E-state index contributed by atoms with van der Waals surface area (Å²) in [6.45, 7) is 0. The molecule has 0 saturated heterocycles. The number of rotatable bonds is 5. The molecule has 0 atom stereocenters. The predicted octanol–water partition coefficient (Wildman–Crippen LogP) is 5.23. The lowest BCUT2D eigenvalue weighted by Gasteiger charge is -2.54. The van der Waals surface area contributed by atoms with E-state index in [4.69, 9.17) is 0 Å². The molecule has 4 saturated carbocycles. The van der Waals surface area contributed by atoms with Crippen LogP contribution in [-0.4, -0.2) is 27.1 Å². The van der Waals surface area contributed by atoms with Gasteiger partial charge in [-0.05, 0) is 103 Å². The van der Waals surface area contributed by atoms with Crippen molar-refractivity contribution in [2.75, 3.05) is 0 Å². The first kappa shape index (κ1) is 21.2. The second-order valence-electron chi connectivity index (χ2n) is 10.5. The molecule has 5 heteroatoms. The van der Waals surface area contributed by atoms with Crippen molar-refractivity contribution in [3.63, 3.8) is 0 Å². The van der Waals surface area contributed by atoms with Crippen LogP contribution in [0.3, 0.4) is 0 Å². The van der Waals surface area contributed by atoms with Crippen LogP contribution in [-0.2, 0) is 0 Å². The minimum Gasteiger partial charge on any atom is -0.508 e. The summed E-state index contributed by atoms with van der Waals surface area (Å²) < 4.78 is 0. The third-order valence-corrected chi connectivity index (χ3v) is 8.38. The van der Waals surface area contributed by atoms with Crippen molar-refractivity contribution in [2.24, 2.45) is 23.7 Å². The second-order valence-corrected chi connectivity index (χ2v) is 10.5. The summed E-state index contributed by atoms with van der Waals surface area (Å²) in [5.41, 5.74) is 3.34. The average Bonchev–Trinajstić information content (AvgIpc) is 2.84. The Hall–Kier alpha value is -3.34. The van der Waals surface area contributed by atoms with Gasteiger partial charge in [0.15, 0.2) is 0 Å². The molecule has 34 heavy (non-hydrogen) atoms. The first-order chi connectivity index (χ1) is 16.5. The van der Waals surface area contributed by atoms with Gasteiger partial charge in [-0.1, -0.05) is 24.3 Å². The number of phenolic OH excluding ortho intramolecular Hbond substituents is 2. The SMILES string of the molecule is O=C(NC1C2CC3CC(C2)CC1C3)c1ccncc1C(c1ccc(O)cc1)c1ccc(O)cc1. The van der Waals surface area contributed by atoms with Crippen LogP contribution in [0.25, 0.3) is 0 Å². The fourth-order valence-corrected chi connectivity index (χ4v) is 7.12. The Labute approximate surface area is 199 Å². The maximum Gasteiger partial charge on any atom is 0.251 e. The highest BCUT2D eigenvalue weighted by Crippen LogP contribution is 2.53. The molecule has 4 bridgehead atoms. The van der Waals surface area contributed by atoms with Crippen molar-refractivity contribution in [1.29, 1.82) is 0 Å². The molecule has 174 valence electrons. The number of benzene rings is 2. The van der Waals surface area contributed by atoms with Crippen molar-refractivity contribution < 1.29 is 15.0 Å². The summed E-state index contributed by atoms with van der Waals surface area (Å²) in [5, 5.41) is 23.1. The van der Waals surface area contributed by atoms with Crippen molar-refractivity contribution in [3.8, 4) is 11.5 Å². The van der Waals surface area contributed by atoms with E-state index in [0.717, 1.165) is 28.5 Å². The molecule has 3 N–H and O–H groups in total. The van der Waals surface area contributed by atoms with Crippen LogP contribution < -0.4 is 5.32 Å². The van der Waals surface area contributed by atoms with Crippen molar-refractivity contribution in [2.45, 2.75) is 44.1 Å². The van der Waals surface area contributed by atoms with Crippen LogP contribution in [0.1, 0.15) is 65.1 Å². The third-order valence-electron chi connectivity index (χ3n) is 8.38. The molecule has 4 aliphatic rings. The van der Waals surface area contributed by atoms with Gasteiger partial charge in [-0.25, -0.2) is 0 Å². The highest BCUT2D eigenvalue weighted by Gasteiger charge is 2.48. The maximum absolute atomic E-state index is 13.7. The van der Waals surface area contributed by atoms with Gasteiger partial charge in [-0.15, -0.1) is 0 Å². The van der Waals surface area contributed by atoms with Gasteiger partial charge in [0, 0.05) is 29.9 Å². The van der Waals surface area contributed by atoms with Crippen LogP contribution in [0.5, 0.6) is 11.5 Å². The molecule has 1 heterocycles. The summed E-state index contributed by atoms with van der Waals surface area (Å²) in [5.74, 6) is 3.04. The topological polar surface area (TPSA) is 82.5 Å². The average molecular weight is 455 g/mol. The van der Waals surface area contributed by atoms with E-state index in [1.165, 1.54) is 32.1 Å². The maximum atomic E-state index is 13.7. The van der Waals surface area contributed by atoms with Gasteiger partial charge < -0.3 is 15.5 Å². The first-order valence-electron chi connectivity index (χ1n) is 12.4. The molecule has 7 rings (SSSR count). The molecular weight excluding hydrogens is 424 g/mol.